The second kappa shape index (κ2) is 2.88. The zero-order valence-corrected chi connectivity index (χ0v) is 7.95. The van der Waals surface area contributed by atoms with Gasteiger partial charge in [-0.05, 0) is 11.4 Å². The molecule has 0 fully saturated rings. The maximum Gasteiger partial charge on any atom is 0.197 e. The summed E-state index contributed by atoms with van der Waals surface area (Å²) in [6, 6.07) is 2.02. The van der Waals surface area contributed by atoms with E-state index in [2.05, 4.69) is 19.9 Å². The van der Waals surface area contributed by atoms with Gasteiger partial charge in [0.15, 0.2) is 11.3 Å². The van der Waals surface area contributed by atoms with Crippen LogP contribution in [0.25, 0.3) is 22.7 Å². The first-order chi connectivity index (χ1) is 6.93. The summed E-state index contributed by atoms with van der Waals surface area (Å²) in [5.41, 5.74) is 2.47. The molecule has 0 amide bonds. The van der Waals surface area contributed by atoms with Crippen molar-refractivity contribution in [1.29, 1.82) is 0 Å². The average Bonchev–Trinajstić information content (AvgIpc) is 2.86. The van der Waals surface area contributed by atoms with E-state index >= 15 is 0 Å². The van der Waals surface area contributed by atoms with Crippen LogP contribution in [-0.2, 0) is 0 Å². The van der Waals surface area contributed by atoms with Crippen LogP contribution in [0.2, 0.25) is 0 Å². The molecule has 0 aliphatic rings. The summed E-state index contributed by atoms with van der Waals surface area (Å²) >= 11 is 1.64. The monoisotopic (exact) mass is 202 g/mol. The number of rotatable bonds is 1. The van der Waals surface area contributed by atoms with E-state index in [1.807, 2.05) is 16.8 Å². The molecule has 0 bridgehead atoms. The molecule has 3 heterocycles. The Kier molecular flexibility index (Phi) is 1.57. The minimum absolute atomic E-state index is 0.661. The van der Waals surface area contributed by atoms with Crippen LogP contribution in [0.3, 0.4) is 0 Å². The lowest BCUT2D eigenvalue weighted by Gasteiger charge is -1.85. The van der Waals surface area contributed by atoms with Crippen molar-refractivity contribution in [3.05, 3.63) is 29.2 Å². The molecule has 3 aromatic heterocycles. The van der Waals surface area contributed by atoms with Crippen LogP contribution in [0.15, 0.2) is 29.2 Å². The van der Waals surface area contributed by atoms with Crippen LogP contribution in [0.1, 0.15) is 0 Å². The lowest BCUT2D eigenvalue weighted by atomic mass is 10.3. The van der Waals surface area contributed by atoms with Gasteiger partial charge >= 0.3 is 0 Å². The van der Waals surface area contributed by atoms with Crippen LogP contribution in [-0.4, -0.2) is 19.9 Å². The van der Waals surface area contributed by atoms with Crippen LogP contribution < -0.4 is 0 Å². The zero-order valence-electron chi connectivity index (χ0n) is 7.14. The van der Waals surface area contributed by atoms with Gasteiger partial charge in [0.2, 0.25) is 0 Å². The van der Waals surface area contributed by atoms with Gasteiger partial charge in [-0.25, -0.2) is 15.0 Å². The fourth-order valence-electron chi connectivity index (χ4n) is 1.28. The predicted octanol–water partition coefficient (Wildman–Crippen LogP) is 2.08. The molecular weight excluding hydrogens is 196 g/mol. The maximum absolute atomic E-state index is 4.33. The molecule has 0 saturated carbocycles. The van der Waals surface area contributed by atoms with Crippen LogP contribution in [0.4, 0.5) is 0 Å². The lowest BCUT2D eigenvalue weighted by Crippen LogP contribution is -1.77. The molecule has 1 N–H and O–H groups in total. The van der Waals surface area contributed by atoms with E-state index in [9.17, 15) is 0 Å². The molecular formula is C9H6N4S. The van der Waals surface area contributed by atoms with Crippen molar-refractivity contribution in [2.24, 2.45) is 0 Å². The Morgan fingerprint density at radius 2 is 2.14 bits per heavy atom. The van der Waals surface area contributed by atoms with Crippen molar-refractivity contribution >= 4 is 22.6 Å². The largest absolute Gasteiger partial charge is 0.321 e. The third-order valence-electron chi connectivity index (χ3n) is 1.93. The van der Waals surface area contributed by atoms with Gasteiger partial charge in [-0.1, -0.05) is 0 Å². The normalized spacial score (nSPS) is 10.9. The average molecular weight is 202 g/mol. The highest BCUT2D eigenvalue weighted by Gasteiger charge is 2.05. The first kappa shape index (κ1) is 7.64. The number of H-pyrrole nitrogens is 1. The first-order valence-corrected chi connectivity index (χ1v) is 5.07. The number of imidazole rings is 1. The van der Waals surface area contributed by atoms with E-state index in [1.54, 1.807) is 23.7 Å². The molecule has 0 radical (unpaired) electrons. The molecule has 68 valence electrons. The van der Waals surface area contributed by atoms with Crippen molar-refractivity contribution in [1.82, 2.24) is 19.9 Å². The molecule has 0 atom stereocenters. The van der Waals surface area contributed by atoms with E-state index in [0.717, 1.165) is 17.0 Å². The Labute approximate surface area is 83.7 Å². The van der Waals surface area contributed by atoms with E-state index < -0.39 is 0 Å². The van der Waals surface area contributed by atoms with Gasteiger partial charge in [-0.15, -0.1) is 0 Å². The second-order valence-corrected chi connectivity index (χ2v) is 3.61. The summed E-state index contributed by atoms with van der Waals surface area (Å²) in [7, 11) is 0. The highest BCUT2D eigenvalue weighted by Crippen LogP contribution is 2.20. The van der Waals surface area contributed by atoms with Gasteiger partial charge in [0.25, 0.3) is 0 Å². The van der Waals surface area contributed by atoms with E-state index in [1.165, 1.54) is 0 Å². The van der Waals surface area contributed by atoms with Crippen molar-refractivity contribution < 1.29 is 0 Å². The molecule has 4 nitrogen and oxygen atoms in total. The Bertz CT molecular complexity index is 522. The highest BCUT2D eigenvalue weighted by molar-refractivity contribution is 7.08. The molecule has 0 spiro atoms. The highest BCUT2D eigenvalue weighted by atomic mass is 32.1. The van der Waals surface area contributed by atoms with Crippen molar-refractivity contribution in [3.63, 3.8) is 0 Å². The number of aromatic amines is 1. The molecule has 3 aromatic rings. The summed E-state index contributed by atoms with van der Waals surface area (Å²) in [6.45, 7) is 0. The molecule has 0 aromatic carbocycles. The maximum atomic E-state index is 4.33. The number of nitrogens with one attached hydrogen (secondary N) is 1. The number of nitrogens with zero attached hydrogens (tertiary/aromatic N) is 3. The Morgan fingerprint density at radius 3 is 2.93 bits per heavy atom. The summed E-state index contributed by atoms with van der Waals surface area (Å²) in [5, 5.41) is 4.06. The van der Waals surface area contributed by atoms with Crippen molar-refractivity contribution in [2.45, 2.75) is 0 Å². The van der Waals surface area contributed by atoms with Gasteiger partial charge < -0.3 is 4.98 Å². The second-order valence-electron chi connectivity index (χ2n) is 2.83. The third kappa shape index (κ3) is 1.10. The molecule has 5 heteroatoms. The standard InChI is InChI=1S/C9H6N4S/c1-4-14-5-6(1)7-12-8-9(13-7)11-3-2-10-8/h1-5H,(H,10,11,12,13). The molecule has 0 aliphatic carbocycles. The van der Waals surface area contributed by atoms with Crippen LogP contribution in [0.5, 0.6) is 0 Å². The number of hydrogen-bond donors (Lipinski definition) is 1. The number of fused-ring (bicyclic) bond motifs is 1. The molecule has 0 unspecified atom stereocenters. The van der Waals surface area contributed by atoms with Crippen molar-refractivity contribution in [3.8, 4) is 11.4 Å². The van der Waals surface area contributed by atoms with Gasteiger partial charge in [0.05, 0.1) is 0 Å². The molecule has 0 saturated heterocycles. The zero-order chi connectivity index (χ0) is 9.38. The van der Waals surface area contributed by atoms with Gasteiger partial charge in [-0.2, -0.15) is 11.3 Å². The quantitative estimate of drug-likeness (QED) is 0.657. The third-order valence-corrected chi connectivity index (χ3v) is 2.61. The van der Waals surface area contributed by atoms with Gasteiger partial charge in [0.1, 0.15) is 5.82 Å². The Morgan fingerprint density at radius 1 is 1.21 bits per heavy atom. The van der Waals surface area contributed by atoms with E-state index in [4.69, 9.17) is 0 Å². The molecule has 14 heavy (non-hydrogen) atoms. The lowest BCUT2D eigenvalue weighted by molar-refractivity contribution is 1.26. The number of aromatic nitrogens is 4. The van der Waals surface area contributed by atoms with Crippen LogP contribution in [0, 0.1) is 0 Å². The fourth-order valence-corrected chi connectivity index (χ4v) is 1.92. The van der Waals surface area contributed by atoms with E-state index in [0.29, 0.717) is 5.65 Å². The summed E-state index contributed by atoms with van der Waals surface area (Å²) in [6.07, 6.45) is 3.29. The fraction of sp³-hybridized carbons (Fsp3) is 0. The molecule has 0 aliphatic heterocycles. The molecule has 3 rings (SSSR count). The minimum atomic E-state index is 0.661. The smallest absolute Gasteiger partial charge is 0.197 e. The predicted molar refractivity (Wildman–Crippen MR) is 55.0 cm³/mol. The van der Waals surface area contributed by atoms with Crippen LogP contribution >= 0.6 is 11.3 Å². The van der Waals surface area contributed by atoms with Gasteiger partial charge in [-0.3, -0.25) is 0 Å². The van der Waals surface area contributed by atoms with Crippen molar-refractivity contribution in [2.75, 3.05) is 0 Å². The minimum Gasteiger partial charge on any atom is -0.321 e. The first-order valence-electron chi connectivity index (χ1n) is 4.13. The Hall–Kier alpha value is -1.75. The summed E-state index contributed by atoms with van der Waals surface area (Å²) in [4.78, 5) is 15.7. The van der Waals surface area contributed by atoms with E-state index in [-0.39, 0.29) is 0 Å². The summed E-state index contributed by atoms with van der Waals surface area (Å²) in [5.74, 6) is 0.826. The summed E-state index contributed by atoms with van der Waals surface area (Å²) < 4.78 is 0. The topological polar surface area (TPSA) is 54.5 Å². The van der Waals surface area contributed by atoms with Gasteiger partial charge in [0, 0.05) is 23.3 Å². The number of hydrogen-bond acceptors (Lipinski definition) is 4. The number of thiophene rings is 1. The Balaban J connectivity index is 2.24. The SMILES string of the molecule is c1cnc2[nH]c(-c3ccsc3)nc2n1.